The van der Waals surface area contributed by atoms with Gasteiger partial charge in [-0.05, 0) is 60.0 Å². The minimum absolute atomic E-state index is 0.338. The summed E-state index contributed by atoms with van der Waals surface area (Å²) in [5, 5.41) is 6.17. The van der Waals surface area contributed by atoms with Gasteiger partial charge in [0.15, 0.2) is 6.29 Å². The van der Waals surface area contributed by atoms with Crippen LogP contribution in [0.15, 0.2) is 54.9 Å². The summed E-state index contributed by atoms with van der Waals surface area (Å²) in [6.45, 7) is 9.17. The van der Waals surface area contributed by atoms with Gasteiger partial charge in [-0.2, -0.15) is 0 Å². The predicted molar refractivity (Wildman–Crippen MR) is 141 cm³/mol. The Morgan fingerprint density at radius 1 is 1.08 bits per heavy atom. The number of fused-ring (bicyclic) bond motifs is 1. The molecule has 192 valence electrons. The van der Waals surface area contributed by atoms with Crippen LogP contribution in [0.3, 0.4) is 0 Å². The monoisotopic (exact) mass is 491 g/mol. The average molecular weight is 492 g/mol. The Bertz CT molecular complexity index is 1140. The van der Waals surface area contributed by atoms with Gasteiger partial charge in [-0.3, -0.25) is 4.79 Å². The van der Waals surface area contributed by atoms with Gasteiger partial charge in [0.1, 0.15) is 0 Å². The summed E-state index contributed by atoms with van der Waals surface area (Å²) < 4.78 is 5.47. The number of amides is 1. The van der Waals surface area contributed by atoms with E-state index in [1.54, 1.807) is 6.92 Å². The number of carbonyl (C=O) groups is 1. The number of benzene rings is 2. The van der Waals surface area contributed by atoms with Gasteiger partial charge in [0.25, 0.3) is 5.91 Å². The third-order valence-corrected chi connectivity index (χ3v) is 6.35. The fourth-order valence-corrected chi connectivity index (χ4v) is 4.16. The van der Waals surface area contributed by atoms with Crippen LogP contribution < -0.4 is 15.7 Å². The van der Waals surface area contributed by atoms with Gasteiger partial charge in [-0.1, -0.05) is 50.2 Å². The molecule has 1 fully saturated rings. The Morgan fingerprint density at radius 3 is 2.58 bits per heavy atom. The maximum Gasteiger partial charge on any atom is 0.278 e. The highest BCUT2D eigenvalue weighted by molar-refractivity contribution is 5.92. The fourth-order valence-electron chi connectivity index (χ4n) is 4.16. The number of carbonyl (C=O) groups excluding carboxylic acids is 1. The van der Waals surface area contributed by atoms with Crippen molar-refractivity contribution in [2.45, 2.75) is 40.0 Å². The third kappa shape index (κ3) is 7.46. The molecule has 3 atom stereocenters. The van der Waals surface area contributed by atoms with Crippen molar-refractivity contribution >= 4 is 22.6 Å². The fraction of sp³-hybridized carbons (Fsp3) is 0.464. The lowest BCUT2D eigenvalue weighted by atomic mass is 10.1. The summed E-state index contributed by atoms with van der Waals surface area (Å²) in [7, 11) is 1.99. The van der Waals surface area contributed by atoms with E-state index in [0.717, 1.165) is 19.6 Å². The van der Waals surface area contributed by atoms with Crippen LogP contribution in [0, 0.1) is 17.8 Å². The Hall–Kier alpha value is -3.07. The zero-order valence-electron chi connectivity index (χ0n) is 21.6. The van der Waals surface area contributed by atoms with E-state index in [-0.39, 0.29) is 0 Å². The number of ether oxygens (including phenoxy) is 1. The van der Waals surface area contributed by atoms with E-state index < -0.39 is 12.2 Å². The summed E-state index contributed by atoms with van der Waals surface area (Å²) >= 11 is 0. The summed E-state index contributed by atoms with van der Waals surface area (Å²) in [6, 6.07) is 15.1. The van der Waals surface area contributed by atoms with E-state index in [0.29, 0.717) is 35.9 Å². The minimum Gasteiger partial charge on any atom is -0.350 e. The SMILES string of the molecule is CC(C)COC(C)ONC(=O)c1cnc(N(C)CC2CC2CNCc2ccc3ccccc3c2)nc1. The van der Waals surface area contributed by atoms with Crippen molar-refractivity contribution < 1.29 is 14.4 Å². The first-order chi connectivity index (χ1) is 17.4. The molecule has 0 saturated heterocycles. The van der Waals surface area contributed by atoms with Gasteiger partial charge in [0.05, 0.1) is 12.2 Å². The first kappa shape index (κ1) is 26.0. The van der Waals surface area contributed by atoms with E-state index in [1.807, 2.05) is 11.9 Å². The number of hydrogen-bond acceptors (Lipinski definition) is 7. The lowest BCUT2D eigenvalue weighted by Gasteiger charge is -2.17. The number of hydrogen-bond donors (Lipinski definition) is 2. The number of nitrogens with zero attached hydrogens (tertiary/aromatic N) is 3. The molecule has 1 aliphatic rings. The normalized spacial score (nSPS) is 17.8. The summed E-state index contributed by atoms with van der Waals surface area (Å²) in [5.74, 6) is 1.88. The largest absolute Gasteiger partial charge is 0.350 e. The number of nitrogens with one attached hydrogen (secondary N) is 2. The van der Waals surface area contributed by atoms with Gasteiger partial charge >= 0.3 is 0 Å². The molecular weight excluding hydrogens is 454 g/mol. The van der Waals surface area contributed by atoms with Gasteiger partial charge < -0.3 is 15.0 Å². The van der Waals surface area contributed by atoms with Crippen molar-refractivity contribution in [3.05, 3.63) is 66.0 Å². The lowest BCUT2D eigenvalue weighted by Crippen LogP contribution is -2.30. The van der Waals surface area contributed by atoms with Crippen molar-refractivity contribution in [3.63, 3.8) is 0 Å². The molecule has 1 aliphatic carbocycles. The van der Waals surface area contributed by atoms with Crippen molar-refractivity contribution in [1.82, 2.24) is 20.8 Å². The van der Waals surface area contributed by atoms with Crippen LogP contribution in [-0.2, 0) is 16.1 Å². The maximum absolute atomic E-state index is 12.3. The number of aromatic nitrogens is 2. The molecule has 0 radical (unpaired) electrons. The van der Waals surface area contributed by atoms with Crippen LogP contribution in [0.5, 0.6) is 0 Å². The first-order valence-electron chi connectivity index (χ1n) is 12.7. The van der Waals surface area contributed by atoms with E-state index >= 15 is 0 Å². The van der Waals surface area contributed by atoms with Crippen LogP contribution >= 0.6 is 0 Å². The highest BCUT2D eigenvalue weighted by atomic mass is 16.8. The molecular formula is C28H37N5O3. The Labute approximate surface area is 213 Å². The minimum atomic E-state index is -0.531. The van der Waals surface area contributed by atoms with Crippen molar-refractivity contribution in [3.8, 4) is 0 Å². The number of anilines is 1. The molecule has 8 nitrogen and oxygen atoms in total. The highest BCUT2D eigenvalue weighted by Gasteiger charge is 2.37. The lowest BCUT2D eigenvalue weighted by molar-refractivity contribution is -0.163. The molecule has 0 bridgehead atoms. The molecule has 3 aromatic rings. The van der Waals surface area contributed by atoms with Crippen molar-refractivity contribution in [1.29, 1.82) is 0 Å². The molecule has 2 aromatic carbocycles. The van der Waals surface area contributed by atoms with Gasteiger partial charge in [0.2, 0.25) is 5.95 Å². The van der Waals surface area contributed by atoms with Crippen LogP contribution in [0.4, 0.5) is 5.95 Å². The predicted octanol–water partition coefficient (Wildman–Crippen LogP) is 4.17. The van der Waals surface area contributed by atoms with Crippen LogP contribution in [0.1, 0.15) is 43.1 Å². The molecule has 1 amide bonds. The topological polar surface area (TPSA) is 88.6 Å². The second-order valence-corrected chi connectivity index (χ2v) is 10.1. The summed E-state index contributed by atoms with van der Waals surface area (Å²) in [6.07, 6.45) is 3.71. The molecule has 4 rings (SSSR count). The summed E-state index contributed by atoms with van der Waals surface area (Å²) in [4.78, 5) is 28.3. The first-order valence-corrected chi connectivity index (χ1v) is 12.7. The Kier molecular flexibility index (Phi) is 8.85. The Balaban J connectivity index is 1.16. The van der Waals surface area contributed by atoms with Gasteiger partial charge in [-0.15, -0.1) is 0 Å². The van der Waals surface area contributed by atoms with E-state index in [2.05, 4.69) is 77.1 Å². The molecule has 2 N–H and O–H groups in total. The molecule has 1 saturated carbocycles. The summed E-state index contributed by atoms with van der Waals surface area (Å²) in [5.41, 5.74) is 4.04. The Morgan fingerprint density at radius 2 is 1.83 bits per heavy atom. The van der Waals surface area contributed by atoms with Crippen molar-refractivity contribution in [2.75, 3.05) is 31.6 Å². The van der Waals surface area contributed by atoms with E-state index in [1.165, 1.54) is 35.2 Å². The number of rotatable bonds is 13. The average Bonchev–Trinajstić information content (AvgIpc) is 3.63. The molecule has 3 unspecified atom stereocenters. The molecule has 0 aliphatic heterocycles. The quantitative estimate of drug-likeness (QED) is 0.274. The molecule has 8 heteroatoms. The molecule has 1 aromatic heterocycles. The highest BCUT2D eigenvalue weighted by Crippen LogP contribution is 2.38. The maximum atomic E-state index is 12.3. The van der Waals surface area contributed by atoms with Crippen molar-refractivity contribution in [2.24, 2.45) is 17.8 Å². The standard InChI is InChI=1S/C28H37N5O3/c1-19(2)18-35-20(3)36-32-27(34)26-15-30-28(31-16-26)33(4)17-25-12-24(25)14-29-13-21-9-10-22-7-5-6-8-23(22)11-21/h5-11,15-16,19-20,24-25,29H,12-14,17-18H2,1-4H3,(H,32,34). The molecule has 0 spiro atoms. The van der Waals surface area contributed by atoms with E-state index in [9.17, 15) is 4.79 Å². The van der Waals surface area contributed by atoms with Gasteiger partial charge in [-0.25, -0.2) is 20.3 Å². The van der Waals surface area contributed by atoms with Crippen LogP contribution in [-0.4, -0.2) is 48.9 Å². The van der Waals surface area contributed by atoms with Crippen LogP contribution in [0.2, 0.25) is 0 Å². The second kappa shape index (κ2) is 12.3. The van der Waals surface area contributed by atoms with E-state index in [4.69, 9.17) is 9.57 Å². The molecule has 36 heavy (non-hydrogen) atoms. The number of hydroxylamine groups is 1. The van der Waals surface area contributed by atoms with Crippen LogP contribution in [0.25, 0.3) is 10.8 Å². The zero-order valence-corrected chi connectivity index (χ0v) is 21.6. The zero-order chi connectivity index (χ0) is 25.5. The smallest absolute Gasteiger partial charge is 0.278 e. The third-order valence-electron chi connectivity index (χ3n) is 6.35. The second-order valence-electron chi connectivity index (χ2n) is 10.1. The van der Waals surface area contributed by atoms with Gasteiger partial charge in [0, 0.05) is 32.5 Å². The molecule has 1 heterocycles.